The number of aromatic carboxylic acids is 1. The lowest BCUT2D eigenvalue weighted by atomic mass is 10.2. The van der Waals surface area contributed by atoms with E-state index in [1.807, 2.05) is 14.0 Å². The van der Waals surface area contributed by atoms with Crippen LogP contribution in [0.4, 0.5) is 0 Å². The highest BCUT2D eigenvalue weighted by Crippen LogP contribution is 2.32. The maximum Gasteiger partial charge on any atom is 0.338 e. The van der Waals surface area contributed by atoms with Crippen molar-refractivity contribution in [2.45, 2.75) is 31.6 Å². The molecule has 19 heavy (non-hydrogen) atoms. The van der Waals surface area contributed by atoms with E-state index in [9.17, 15) is 9.90 Å². The van der Waals surface area contributed by atoms with Crippen molar-refractivity contribution in [3.63, 3.8) is 0 Å². The molecule has 0 saturated carbocycles. The summed E-state index contributed by atoms with van der Waals surface area (Å²) in [6.45, 7) is 4.01. The number of pyridine rings is 1. The molecule has 0 saturated heterocycles. The Hall–Kier alpha value is -1.56. The molecule has 5 nitrogen and oxygen atoms in total. The molecule has 0 spiro atoms. The van der Waals surface area contributed by atoms with Crippen LogP contribution in [0, 0.1) is 6.92 Å². The molecule has 2 rings (SSSR count). The second-order valence-corrected chi connectivity index (χ2v) is 5.52. The number of aryl methyl sites for hydroxylation is 2. The molecule has 0 unspecified atom stereocenters. The van der Waals surface area contributed by atoms with Crippen LogP contribution in [0.3, 0.4) is 0 Å². The Morgan fingerprint density at radius 2 is 2.26 bits per heavy atom. The average molecular weight is 279 g/mol. The molecule has 0 aliphatic heterocycles. The molecule has 0 bridgehead atoms. The van der Waals surface area contributed by atoms with Crippen molar-refractivity contribution in [2.75, 3.05) is 5.75 Å². The summed E-state index contributed by atoms with van der Waals surface area (Å²) >= 11 is 1.58. The highest BCUT2D eigenvalue weighted by atomic mass is 32.2. The van der Waals surface area contributed by atoms with Crippen LogP contribution < -0.4 is 0 Å². The smallest absolute Gasteiger partial charge is 0.338 e. The Bertz CT molecular complexity index is 622. The van der Waals surface area contributed by atoms with Gasteiger partial charge < -0.3 is 5.11 Å². The van der Waals surface area contributed by atoms with Gasteiger partial charge in [-0.25, -0.2) is 9.78 Å². The minimum atomic E-state index is -0.934. The number of carboxylic acids is 1. The van der Waals surface area contributed by atoms with E-state index in [0.717, 1.165) is 40.2 Å². The number of carboxylic acid groups (broad SMARTS) is 1. The number of hydrogen-bond donors (Lipinski definition) is 1. The number of thioether (sulfide) groups is 1. The summed E-state index contributed by atoms with van der Waals surface area (Å²) < 4.78 is 1.69. The third-order valence-corrected chi connectivity index (χ3v) is 4.16. The van der Waals surface area contributed by atoms with Crippen LogP contribution in [0.15, 0.2) is 11.1 Å². The van der Waals surface area contributed by atoms with E-state index in [2.05, 4.69) is 17.0 Å². The fourth-order valence-corrected chi connectivity index (χ4v) is 3.32. The predicted octanol–water partition coefficient (Wildman–Crippen LogP) is 2.87. The minimum Gasteiger partial charge on any atom is -0.478 e. The first kappa shape index (κ1) is 13.9. The average Bonchev–Trinajstić information content (AvgIpc) is 2.65. The standard InChI is InChI=1S/C13H17N3O2S/c1-4-5-6-19-11-9(13(17)18)7-14-12-10(11)8(2)15-16(12)3/h7H,4-6H2,1-3H3,(H,17,18). The van der Waals surface area contributed by atoms with Gasteiger partial charge in [0.2, 0.25) is 0 Å². The molecule has 0 aliphatic carbocycles. The molecular weight excluding hydrogens is 262 g/mol. The van der Waals surface area contributed by atoms with Crippen molar-refractivity contribution in [2.24, 2.45) is 7.05 Å². The second-order valence-electron chi connectivity index (χ2n) is 4.42. The summed E-state index contributed by atoms with van der Waals surface area (Å²) in [4.78, 5) is 16.3. The first-order chi connectivity index (χ1) is 9.06. The largest absolute Gasteiger partial charge is 0.478 e. The highest BCUT2D eigenvalue weighted by Gasteiger charge is 2.19. The van der Waals surface area contributed by atoms with Gasteiger partial charge in [-0.15, -0.1) is 11.8 Å². The molecule has 0 aliphatic rings. The van der Waals surface area contributed by atoms with Gasteiger partial charge in [-0.05, 0) is 19.1 Å². The molecule has 6 heteroatoms. The molecule has 0 radical (unpaired) electrons. The number of carbonyl (C=O) groups is 1. The van der Waals surface area contributed by atoms with Crippen molar-refractivity contribution in [3.8, 4) is 0 Å². The maximum absolute atomic E-state index is 11.3. The number of rotatable bonds is 5. The predicted molar refractivity (Wildman–Crippen MR) is 75.8 cm³/mol. The fourth-order valence-electron chi connectivity index (χ4n) is 2.00. The van der Waals surface area contributed by atoms with Crippen molar-refractivity contribution in [3.05, 3.63) is 17.5 Å². The van der Waals surface area contributed by atoms with Gasteiger partial charge in [0, 0.05) is 18.1 Å². The molecule has 0 amide bonds. The molecule has 0 aromatic carbocycles. The normalized spacial score (nSPS) is 11.1. The van der Waals surface area contributed by atoms with Crippen LogP contribution in [0.5, 0.6) is 0 Å². The zero-order chi connectivity index (χ0) is 14.0. The van der Waals surface area contributed by atoms with E-state index in [4.69, 9.17) is 0 Å². The van der Waals surface area contributed by atoms with Crippen molar-refractivity contribution < 1.29 is 9.90 Å². The van der Waals surface area contributed by atoms with E-state index < -0.39 is 5.97 Å². The number of nitrogens with zero attached hydrogens (tertiary/aromatic N) is 3. The summed E-state index contributed by atoms with van der Waals surface area (Å²) in [5.74, 6) is -0.0267. The molecule has 0 atom stereocenters. The first-order valence-electron chi connectivity index (χ1n) is 6.24. The molecule has 0 fully saturated rings. The quantitative estimate of drug-likeness (QED) is 0.673. The van der Waals surface area contributed by atoms with Crippen LogP contribution in [0.2, 0.25) is 0 Å². The van der Waals surface area contributed by atoms with Crippen LogP contribution in [0.25, 0.3) is 11.0 Å². The third kappa shape index (κ3) is 2.58. The van der Waals surface area contributed by atoms with Gasteiger partial charge in [-0.1, -0.05) is 13.3 Å². The number of fused-ring (bicyclic) bond motifs is 1. The minimum absolute atomic E-state index is 0.268. The summed E-state index contributed by atoms with van der Waals surface area (Å²) in [5, 5.41) is 14.5. The molecule has 2 heterocycles. The van der Waals surface area contributed by atoms with E-state index >= 15 is 0 Å². The number of unbranched alkanes of at least 4 members (excludes halogenated alkanes) is 1. The van der Waals surface area contributed by atoms with Gasteiger partial charge in [0.05, 0.1) is 16.6 Å². The molecule has 2 aromatic rings. The second kappa shape index (κ2) is 5.61. The summed E-state index contributed by atoms with van der Waals surface area (Å²) in [7, 11) is 1.82. The van der Waals surface area contributed by atoms with Gasteiger partial charge in [0.15, 0.2) is 5.65 Å². The zero-order valence-corrected chi connectivity index (χ0v) is 12.1. The van der Waals surface area contributed by atoms with Crippen molar-refractivity contribution in [1.29, 1.82) is 0 Å². The van der Waals surface area contributed by atoms with E-state index in [1.165, 1.54) is 6.20 Å². The van der Waals surface area contributed by atoms with Gasteiger partial charge in [0.25, 0.3) is 0 Å². The van der Waals surface area contributed by atoms with E-state index in [1.54, 1.807) is 16.4 Å². The van der Waals surface area contributed by atoms with Gasteiger partial charge >= 0.3 is 5.97 Å². The van der Waals surface area contributed by atoms with Gasteiger partial charge in [-0.2, -0.15) is 5.10 Å². The lowest BCUT2D eigenvalue weighted by Crippen LogP contribution is -2.02. The Kier molecular flexibility index (Phi) is 4.09. The zero-order valence-electron chi connectivity index (χ0n) is 11.3. The Morgan fingerprint density at radius 3 is 2.89 bits per heavy atom. The maximum atomic E-state index is 11.3. The molecule has 102 valence electrons. The van der Waals surface area contributed by atoms with Crippen LogP contribution in [0.1, 0.15) is 35.8 Å². The van der Waals surface area contributed by atoms with Gasteiger partial charge in [-0.3, -0.25) is 4.68 Å². The first-order valence-corrected chi connectivity index (χ1v) is 7.23. The number of aromatic nitrogens is 3. The van der Waals surface area contributed by atoms with E-state index in [-0.39, 0.29) is 5.56 Å². The SMILES string of the molecule is CCCCSc1c(C(=O)O)cnc2c1c(C)nn2C. The van der Waals surface area contributed by atoms with Crippen LogP contribution >= 0.6 is 11.8 Å². The lowest BCUT2D eigenvalue weighted by molar-refractivity contribution is 0.0693. The Balaban J connectivity index is 2.58. The monoisotopic (exact) mass is 279 g/mol. The third-order valence-electron chi connectivity index (χ3n) is 2.95. The Labute approximate surface area is 116 Å². The molecule has 2 aromatic heterocycles. The molecular formula is C13H17N3O2S. The summed E-state index contributed by atoms with van der Waals surface area (Å²) in [5.41, 5.74) is 1.83. The van der Waals surface area contributed by atoms with Crippen LogP contribution in [-0.4, -0.2) is 31.6 Å². The lowest BCUT2D eigenvalue weighted by Gasteiger charge is -2.07. The highest BCUT2D eigenvalue weighted by molar-refractivity contribution is 7.99. The van der Waals surface area contributed by atoms with Crippen molar-refractivity contribution in [1.82, 2.24) is 14.8 Å². The summed E-state index contributed by atoms with van der Waals surface area (Å²) in [6, 6.07) is 0. The fraction of sp³-hybridized carbons (Fsp3) is 0.462. The Morgan fingerprint density at radius 1 is 1.53 bits per heavy atom. The van der Waals surface area contributed by atoms with Crippen molar-refractivity contribution >= 4 is 28.8 Å². The summed E-state index contributed by atoms with van der Waals surface area (Å²) in [6.07, 6.45) is 3.59. The number of hydrogen-bond acceptors (Lipinski definition) is 4. The van der Waals surface area contributed by atoms with E-state index in [0.29, 0.717) is 0 Å². The van der Waals surface area contributed by atoms with Crippen LogP contribution in [-0.2, 0) is 7.05 Å². The topological polar surface area (TPSA) is 68.0 Å². The molecule has 1 N–H and O–H groups in total. The van der Waals surface area contributed by atoms with Gasteiger partial charge in [0.1, 0.15) is 0 Å².